The van der Waals surface area contributed by atoms with Gasteiger partial charge in [0.2, 0.25) is 0 Å². The van der Waals surface area contributed by atoms with Crippen LogP contribution in [0.5, 0.6) is 0 Å². The maximum atomic E-state index is 12.6. The van der Waals surface area contributed by atoms with Gasteiger partial charge in [0, 0.05) is 56.0 Å². The van der Waals surface area contributed by atoms with Crippen molar-refractivity contribution in [1.82, 2.24) is 29.7 Å². The Balaban J connectivity index is 1.63. The number of amides is 1. The first-order chi connectivity index (χ1) is 15.0. The van der Waals surface area contributed by atoms with Crippen molar-refractivity contribution in [2.45, 2.75) is 6.42 Å². The molecule has 0 saturated carbocycles. The van der Waals surface area contributed by atoms with Crippen molar-refractivity contribution < 1.29 is 4.79 Å². The van der Waals surface area contributed by atoms with Gasteiger partial charge in [0.05, 0.1) is 11.9 Å². The number of hydrogen-bond acceptors (Lipinski definition) is 6. The van der Waals surface area contributed by atoms with Crippen LogP contribution >= 0.6 is 0 Å². The molecule has 0 radical (unpaired) electrons. The predicted molar refractivity (Wildman–Crippen MR) is 124 cm³/mol. The molecule has 1 aliphatic rings. The summed E-state index contributed by atoms with van der Waals surface area (Å²) in [7, 11) is 6.15. The molecule has 0 aliphatic carbocycles. The second kappa shape index (κ2) is 9.45. The van der Waals surface area contributed by atoms with Crippen molar-refractivity contribution in [3.63, 3.8) is 0 Å². The number of nitrogens with one attached hydrogen (secondary N) is 1. The van der Waals surface area contributed by atoms with Crippen LogP contribution in [0.1, 0.15) is 16.8 Å². The molecule has 0 spiro atoms. The molecule has 2 aromatic heterocycles. The molecule has 8 nitrogen and oxygen atoms in total. The molecule has 31 heavy (non-hydrogen) atoms. The fraction of sp³-hybridized carbons (Fsp3) is 0.435. The van der Waals surface area contributed by atoms with Crippen LogP contribution in [-0.4, -0.2) is 90.7 Å². The molecule has 1 aliphatic heterocycles. The number of hydrogen-bond donors (Lipinski definition) is 1. The number of rotatable bonds is 6. The number of carbonyl (C=O) groups is 1. The van der Waals surface area contributed by atoms with Crippen LogP contribution in [0.15, 0.2) is 42.6 Å². The third kappa shape index (κ3) is 5.03. The lowest BCUT2D eigenvalue weighted by atomic mass is 10.1. The highest BCUT2D eigenvalue weighted by molar-refractivity contribution is 5.95. The van der Waals surface area contributed by atoms with E-state index in [0.717, 1.165) is 61.9 Å². The Morgan fingerprint density at radius 3 is 2.84 bits per heavy atom. The smallest absolute Gasteiger partial charge is 0.251 e. The van der Waals surface area contributed by atoms with E-state index >= 15 is 0 Å². The summed E-state index contributed by atoms with van der Waals surface area (Å²) in [5.41, 5.74) is 3.23. The lowest BCUT2D eigenvalue weighted by molar-refractivity contribution is 0.0951. The van der Waals surface area contributed by atoms with Crippen molar-refractivity contribution in [2.24, 2.45) is 0 Å². The first-order valence-corrected chi connectivity index (χ1v) is 10.8. The average Bonchev–Trinajstić information content (AvgIpc) is 3.13. The van der Waals surface area contributed by atoms with Crippen molar-refractivity contribution >= 4 is 17.4 Å². The van der Waals surface area contributed by atoms with Gasteiger partial charge in [-0.15, -0.1) is 0 Å². The van der Waals surface area contributed by atoms with Gasteiger partial charge in [0.25, 0.3) is 5.91 Å². The Hall–Kier alpha value is -2.97. The van der Waals surface area contributed by atoms with E-state index in [1.165, 1.54) is 0 Å². The van der Waals surface area contributed by atoms with Crippen LogP contribution in [0.3, 0.4) is 0 Å². The first-order valence-electron chi connectivity index (χ1n) is 10.8. The average molecular weight is 422 g/mol. The zero-order chi connectivity index (χ0) is 21.8. The Morgan fingerprint density at radius 1 is 1.13 bits per heavy atom. The van der Waals surface area contributed by atoms with Crippen LogP contribution in [0.25, 0.3) is 16.9 Å². The van der Waals surface area contributed by atoms with Crippen molar-refractivity contribution in [1.29, 1.82) is 0 Å². The van der Waals surface area contributed by atoms with Crippen LogP contribution in [0.2, 0.25) is 0 Å². The van der Waals surface area contributed by atoms with Gasteiger partial charge in [-0.05, 0) is 46.2 Å². The highest BCUT2D eigenvalue weighted by atomic mass is 16.1. The van der Waals surface area contributed by atoms with Gasteiger partial charge in [-0.2, -0.15) is 9.61 Å². The van der Waals surface area contributed by atoms with Crippen molar-refractivity contribution in [3.05, 3.63) is 48.2 Å². The van der Waals surface area contributed by atoms with Crippen molar-refractivity contribution in [3.8, 4) is 11.3 Å². The Labute approximate surface area is 183 Å². The molecule has 0 unspecified atom stereocenters. The van der Waals surface area contributed by atoms with Gasteiger partial charge < -0.3 is 20.0 Å². The summed E-state index contributed by atoms with van der Waals surface area (Å²) in [6, 6.07) is 11.7. The predicted octanol–water partition coefficient (Wildman–Crippen LogP) is 1.83. The van der Waals surface area contributed by atoms with Gasteiger partial charge in [-0.1, -0.05) is 12.1 Å². The van der Waals surface area contributed by atoms with E-state index in [2.05, 4.69) is 33.3 Å². The Kier molecular flexibility index (Phi) is 6.48. The molecule has 0 atom stereocenters. The summed E-state index contributed by atoms with van der Waals surface area (Å²) in [6.07, 6.45) is 2.90. The molecular formula is C23H31N7O. The van der Waals surface area contributed by atoms with E-state index in [9.17, 15) is 4.79 Å². The van der Waals surface area contributed by atoms with Crippen molar-refractivity contribution in [2.75, 3.05) is 65.3 Å². The summed E-state index contributed by atoms with van der Waals surface area (Å²) in [5.74, 6) is 0.978. The highest BCUT2D eigenvalue weighted by Gasteiger charge is 2.18. The third-order valence-corrected chi connectivity index (χ3v) is 5.65. The SMILES string of the molecule is CN(C)CCNC(=O)c1cccc(-c2cc(N3CCCN(C)CC3)n3nccc3n2)c1. The zero-order valence-corrected chi connectivity index (χ0v) is 18.6. The molecule has 1 amide bonds. The molecule has 1 fully saturated rings. The summed E-state index contributed by atoms with van der Waals surface area (Å²) in [5, 5.41) is 7.48. The fourth-order valence-electron chi connectivity index (χ4n) is 3.86. The topological polar surface area (TPSA) is 69.0 Å². The molecule has 3 aromatic rings. The number of aromatic nitrogens is 3. The van der Waals surface area contributed by atoms with Gasteiger partial charge in [0.1, 0.15) is 5.82 Å². The van der Waals surface area contributed by atoms with E-state index in [0.29, 0.717) is 12.1 Å². The molecule has 1 N–H and O–H groups in total. The van der Waals surface area contributed by atoms with E-state index in [1.54, 1.807) is 6.20 Å². The Bertz CT molecular complexity index is 1050. The highest BCUT2D eigenvalue weighted by Crippen LogP contribution is 2.26. The second-order valence-corrected chi connectivity index (χ2v) is 8.38. The van der Waals surface area contributed by atoms with Gasteiger partial charge in [-0.25, -0.2) is 4.98 Å². The maximum absolute atomic E-state index is 12.6. The molecule has 3 heterocycles. The van der Waals surface area contributed by atoms with Gasteiger partial charge in [0.15, 0.2) is 5.65 Å². The van der Waals surface area contributed by atoms with Crippen LogP contribution < -0.4 is 10.2 Å². The molecule has 8 heteroatoms. The lowest BCUT2D eigenvalue weighted by Gasteiger charge is -2.24. The largest absolute Gasteiger partial charge is 0.355 e. The number of benzene rings is 1. The quantitative estimate of drug-likeness (QED) is 0.655. The lowest BCUT2D eigenvalue weighted by Crippen LogP contribution is -2.31. The number of likely N-dealkylation sites (N-methyl/N-ethyl adjacent to an activating group) is 2. The standard InChI is InChI=1S/C23H31N7O/c1-27(2)13-10-24-23(31)19-7-4-6-18(16-19)20-17-22(30-21(26-20)8-9-25-30)29-12-5-11-28(3)14-15-29/h4,6-9,16-17H,5,10-15H2,1-3H3,(H,24,31). The zero-order valence-electron chi connectivity index (χ0n) is 18.6. The van der Waals surface area contributed by atoms with Gasteiger partial charge >= 0.3 is 0 Å². The van der Waals surface area contributed by atoms with E-state index in [-0.39, 0.29) is 5.91 Å². The molecule has 164 valence electrons. The second-order valence-electron chi connectivity index (χ2n) is 8.38. The molecule has 1 aromatic carbocycles. The normalized spacial score (nSPS) is 15.4. The fourth-order valence-corrected chi connectivity index (χ4v) is 3.86. The molecule has 4 rings (SSSR count). The summed E-state index contributed by atoms with van der Waals surface area (Å²) in [4.78, 5) is 24.2. The number of fused-ring (bicyclic) bond motifs is 1. The number of carbonyl (C=O) groups excluding carboxylic acids is 1. The molecular weight excluding hydrogens is 390 g/mol. The van der Waals surface area contributed by atoms with Crippen LogP contribution in [0, 0.1) is 0 Å². The summed E-state index contributed by atoms with van der Waals surface area (Å²) < 4.78 is 1.91. The molecule has 0 bridgehead atoms. The van der Waals surface area contributed by atoms with Gasteiger partial charge in [-0.3, -0.25) is 4.79 Å². The first kappa shape index (κ1) is 21.3. The maximum Gasteiger partial charge on any atom is 0.251 e. The monoisotopic (exact) mass is 421 g/mol. The van der Waals surface area contributed by atoms with E-state index in [1.807, 2.05) is 53.8 Å². The van der Waals surface area contributed by atoms with E-state index < -0.39 is 0 Å². The minimum absolute atomic E-state index is 0.0649. The number of nitrogens with zero attached hydrogens (tertiary/aromatic N) is 6. The summed E-state index contributed by atoms with van der Waals surface area (Å²) in [6.45, 7) is 5.47. The van der Waals surface area contributed by atoms with Crippen LogP contribution in [-0.2, 0) is 0 Å². The third-order valence-electron chi connectivity index (χ3n) is 5.65. The summed E-state index contributed by atoms with van der Waals surface area (Å²) >= 11 is 0. The minimum atomic E-state index is -0.0649. The van der Waals surface area contributed by atoms with E-state index in [4.69, 9.17) is 4.98 Å². The Morgan fingerprint density at radius 2 is 2.00 bits per heavy atom. The molecule has 1 saturated heterocycles. The van der Waals surface area contributed by atoms with Crippen LogP contribution in [0.4, 0.5) is 5.82 Å². The number of anilines is 1. The minimum Gasteiger partial charge on any atom is -0.355 e.